The van der Waals surface area contributed by atoms with Crippen LogP contribution in [0.3, 0.4) is 0 Å². The van der Waals surface area contributed by atoms with E-state index in [1.165, 1.54) is 0 Å². The molecule has 0 bridgehead atoms. The first kappa shape index (κ1) is 11.1. The third kappa shape index (κ3) is 2.22. The van der Waals surface area contributed by atoms with Gasteiger partial charge in [0.25, 0.3) is 0 Å². The van der Waals surface area contributed by atoms with Crippen molar-refractivity contribution in [2.24, 2.45) is 5.73 Å². The fraction of sp³-hybridized carbons (Fsp3) is 0.500. The van der Waals surface area contributed by atoms with Crippen molar-refractivity contribution >= 4 is 11.2 Å². The van der Waals surface area contributed by atoms with E-state index in [1.807, 2.05) is 19.1 Å². The van der Waals surface area contributed by atoms with E-state index in [2.05, 4.69) is 16.9 Å². The van der Waals surface area contributed by atoms with Crippen LogP contribution in [-0.2, 0) is 0 Å². The van der Waals surface area contributed by atoms with Crippen molar-refractivity contribution in [1.82, 2.24) is 9.97 Å². The van der Waals surface area contributed by atoms with Crippen LogP contribution in [0, 0.1) is 6.92 Å². The summed E-state index contributed by atoms with van der Waals surface area (Å²) >= 11 is 0. The maximum absolute atomic E-state index is 6.00. The Morgan fingerprint density at radius 2 is 2.19 bits per heavy atom. The topological polar surface area (TPSA) is 64.9 Å². The Morgan fingerprint density at radius 1 is 1.38 bits per heavy atom. The van der Waals surface area contributed by atoms with Gasteiger partial charge in [0.15, 0.2) is 11.2 Å². The molecule has 2 aromatic rings. The number of hydrogen-bond acceptors (Lipinski definition) is 4. The molecule has 0 aliphatic rings. The molecule has 86 valence electrons. The van der Waals surface area contributed by atoms with Crippen LogP contribution in [0.5, 0.6) is 0 Å². The molecule has 0 fully saturated rings. The average molecular weight is 219 g/mol. The molecule has 0 aliphatic heterocycles. The molecule has 0 aromatic carbocycles. The molecule has 2 aromatic heterocycles. The van der Waals surface area contributed by atoms with Crippen LogP contribution in [0.2, 0.25) is 0 Å². The summed E-state index contributed by atoms with van der Waals surface area (Å²) in [5.41, 5.74) is 8.31. The van der Waals surface area contributed by atoms with E-state index < -0.39 is 0 Å². The molecule has 2 heterocycles. The number of nitrogens with two attached hydrogens (primary N) is 1. The molecule has 4 heteroatoms. The smallest absolute Gasteiger partial charge is 0.213 e. The molecule has 16 heavy (non-hydrogen) atoms. The number of aryl methyl sites for hydroxylation is 1. The molecule has 2 N–H and O–H groups in total. The Labute approximate surface area is 94.9 Å². The highest BCUT2D eigenvalue weighted by molar-refractivity contribution is 5.67. The van der Waals surface area contributed by atoms with Gasteiger partial charge in [-0.15, -0.1) is 0 Å². The van der Waals surface area contributed by atoms with Gasteiger partial charge in [-0.2, -0.15) is 4.98 Å². The molecule has 0 radical (unpaired) electrons. The van der Waals surface area contributed by atoms with Gasteiger partial charge in [-0.1, -0.05) is 19.8 Å². The SMILES string of the molecule is CCCCC(N)c1nc2nc(C)ccc2o1. The maximum atomic E-state index is 6.00. The number of nitrogens with zero attached hydrogens (tertiary/aromatic N) is 2. The van der Waals surface area contributed by atoms with Gasteiger partial charge in [0.1, 0.15) is 0 Å². The standard InChI is InChI=1S/C12H17N3O/c1-3-4-5-9(13)12-15-11-10(16-12)7-6-8(2)14-11/h6-7,9H,3-5,13H2,1-2H3. The molecule has 2 rings (SSSR count). The molecular weight excluding hydrogens is 202 g/mol. The molecule has 0 aliphatic carbocycles. The lowest BCUT2D eigenvalue weighted by Gasteiger charge is -2.04. The lowest BCUT2D eigenvalue weighted by atomic mass is 10.1. The molecule has 4 nitrogen and oxygen atoms in total. The first-order valence-electron chi connectivity index (χ1n) is 5.70. The summed E-state index contributed by atoms with van der Waals surface area (Å²) in [6.45, 7) is 4.08. The summed E-state index contributed by atoms with van der Waals surface area (Å²) in [6.07, 6.45) is 3.12. The number of aromatic nitrogens is 2. The van der Waals surface area contributed by atoms with Crippen molar-refractivity contribution in [3.05, 3.63) is 23.7 Å². The lowest BCUT2D eigenvalue weighted by molar-refractivity contribution is 0.450. The predicted molar refractivity (Wildman–Crippen MR) is 63.0 cm³/mol. The first-order valence-corrected chi connectivity index (χ1v) is 5.70. The van der Waals surface area contributed by atoms with Gasteiger partial charge in [0, 0.05) is 5.69 Å². The van der Waals surface area contributed by atoms with Crippen molar-refractivity contribution in [3.8, 4) is 0 Å². The van der Waals surface area contributed by atoms with E-state index in [1.54, 1.807) is 0 Å². The Hall–Kier alpha value is -1.42. The van der Waals surface area contributed by atoms with Gasteiger partial charge in [-0.3, -0.25) is 0 Å². The highest BCUT2D eigenvalue weighted by Crippen LogP contribution is 2.20. The molecule has 0 saturated heterocycles. The van der Waals surface area contributed by atoms with Crippen LogP contribution in [0.25, 0.3) is 11.2 Å². The van der Waals surface area contributed by atoms with Crippen LogP contribution >= 0.6 is 0 Å². The van der Waals surface area contributed by atoms with E-state index >= 15 is 0 Å². The lowest BCUT2D eigenvalue weighted by Crippen LogP contribution is -2.10. The minimum atomic E-state index is -0.116. The van der Waals surface area contributed by atoms with Crippen molar-refractivity contribution in [2.45, 2.75) is 39.2 Å². The second-order valence-corrected chi connectivity index (χ2v) is 4.08. The van der Waals surface area contributed by atoms with Gasteiger partial charge in [-0.05, 0) is 25.5 Å². The fourth-order valence-electron chi connectivity index (χ4n) is 1.64. The Bertz CT molecular complexity index is 478. The van der Waals surface area contributed by atoms with Crippen LogP contribution in [-0.4, -0.2) is 9.97 Å². The third-order valence-electron chi connectivity index (χ3n) is 2.60. The summed E-state index contributed by atoms with van der Waals surface area (Å²) in [7, 11) is 0. The van der Waals surface area contributed by atoms with E-state index in [0.717, 1.165) is 25.0 Å². The van der Waals surface area contributed by atoms with Crippen molar-refractivity contribution in [1.29, 1.82) is 0 Å². The quantitative estimate of drug-likeness (QED) is 0.858. The molecule has 1 unspecified atom stereocenters. The van der Waals surface area contributed by atoms with Gasteiger partial charge in [-0.25, -0.2) is 4.98 Å². The second-order valence-electron chi connectivity index (χ2n) is 4.08. The zero-order valence-corrected chi connectivity index (χ0v) is 9.73. The molecular formula is C12H17N3O. The minimum absolute atomic E-state index is 0.116. The number of rotatable bonds is 4. The first-order chi connectivity index (χ1) is 7.70. The van der Waals surface area contributed by atoms with Gasteiger partial charge >= 0.3 is 0 Å². The normalized spacial score (nSPS) is 13.2. The molecule has 1 atom stereocenters. The zero-order chi connectivity index (χ0) is 11.5. The van der Waals surface area contributed by atoms with Gasteiger partial charge in [0.05, 0.1) is 6.04 Å². The van der Waals surface area contributed by atoms with E-state index in [4.69, 9.17) is 10.2 Å². The van der Waals surface area contributed by atoms with Gasteiger partial charge < -0.3 is 10.2 Å². The molecule has 0 spiro atoms. The Morgan fingerprint density at radius 3 is 2.94 bits per heavy atom. The average Bonchev–Trinajstić information content (AvgIpc) is 2.68. The van der Waals surface area contributed by atoms with Crippen molar-refractivity contribution < 1.29 is 4.42 Å². The summed E-state index contributed by atoms with van der Waals surface area (Å²) in [5, 5.41) is 0. The van der Waals surface area contributed by atoms with Crippen LogP contribution < -0.4 is 5.73 Å². The van der Waals surface area contributed by atoms with Gasteiger partial charge in [0.2, 0.25) is 5.89 Å². The maximum Gasteiger partial charge on any atom is 0.213 e. The Kier molecular flexibility index (Phi) is 3.19. The van der Waals surface area contributed by atoms with E-state index in [0.29, 0.717) is 17.1 Å². The highest BCUT2D eigenvalue weighted by atomic mass is 16.3. The molecule has 0 saturated carbocycles. The van der Waals surface area contributed by atoms with E-state index in [9.17, 15) is 0 Å². The summed E-state index contributed by atoms with van der Waals surface area (Å²) < 4.78 is 5.58. The predicted octanol–water partition coefficient (Wildman–Crippen LogP) is 2.72. The largest absolute Gasteiger partial charge is 0.437 e. The zero-order valence-electron chi connectivity index (χ0n) is 9.73. The number of hydrogen-bond donors (Lipinski definition) is 1. The van der Waals surface area contributed by atoms with Crippen LogP contribution in [0.15, 0.2) is 16.5 Å². The van der Waals surface area contributed by atoms with Crippen LogP contribution in [0.4, 0.5) is 0 Å². The Balaban J connectivity index is 2.25. The molecule has 0 amide bonds. The monoisotopic (exact) mass is 219 g/mol. The number of pyridine rings is 1. The number of fused-ring (bicyclic) bond motifs is 1. The van der Waals surface area contributed by atoms with Crippen molar-refractivity contribution in [3.63, 3.8) is 0 Å². The third-order valence-corrected chi connectivity index (χ3v) is 2.60. The van der Waals surface area contributed by atoms with E-state index in [-0.39, 0.29) is 6.04 Å². The summed E-state index contributed by atoms with van der Waals surface area (Å²) in [5.74, 6) is 0.599. The van der Waals surface area contributed by atoms with Crippen molar-refractivity contribution in [2.75, 3.05) is 0 Å². The highest BCUT2D eigenvalue weighted by Gasteiger charge is 2.13. The number of oxazole rings is 1. The number of unbranched alkanes of at least 4 members (excludes halogenated alkanes) is 1. The minimum Gasteiger partial charge on any atom is -0.437 e. The summed E-state index contributed by atoms with van der Waals surface area (Å²) in [4.78, 5) is 8.62. The summed E-state index contributed by atoms with van der Waals surface area (Å²) in [6, 6.07) is 3.68. The van der Waals surface area contributed by atoms with Crippen LogP contribution in [0.1, 0.15) is 43.8 Å². The second kappa shape index (κ2) is 4.61. The fourth-order valence-corrected chi connectivity index (χ4v) is 1.64.